The summed E-state index contributed by atoms with van der Waals surface area (Å²) in [5.74, 6) is -0.297. The van der Waals surface area contributed by atoms with Gasteiger partial charge >= 0.3 is 0 Å². The number of ether oxygens (including phenoxy) is 6. The molecule has 3 heterocycles. The lowest BCUT2D eigenvalue weighted by atomic mass is 9.96. The number of nitrogens with one attached hydrogen (secondary N) is 1. The van der Waals surface area contributed by atoms with Crippen molar-refractivity contribution in [2.75, 3.05) is 26.4 Å². The lowest BCUT2D eigenvalue weighted by molar-refractivity contribution is -0.379. The first-order valence-electron chi connectivity index (χ1n) is 36.4. The number of aliphatic hydroxyl groups excluding tert-OH is 11. The highest BCUT2D eigenvalue weighted by molar-refractivity contribution is 5.76. The molecular weight excluding hydrogens is 1170 g/mol. The van der Waals surface area contributed by atoms with Crippen LogP contribution in [0, 0.1) is 0 Å². The molecule has 91 heavy (non-hydrogen) atoms. The fraction of sp³-hybridized carbons (Fsp3) is 0.875. The van der Waals surface area contributed by atoms with E-state index < -0.39 is 124 Å². The Balaban J connectivity index is 1.42. The Morgan fingerprint density at radius 1 is 0.385 bits per heavy atom. The molecule has 0 saturated carbocycles. The molecule has 0 aliphatic carbocycles. The van der Waals surface area contributed by atoms with Gasteiger partial charge in [0.25, 0.3) is 0 Å². The fourth-order valence-corrected chi connectivity index (χ4v) is 12.2. The van der Waals surface area contributed by atoms with Crippen molar-refractivity contribution in [2.45, 2.75) is 375 Å². The maximum absolute atomic E-state index is 13.4. The first-order chi connectivity index (χ1) is 44.3. The average molecular weight is 1300 g/mol. The Hall–Kier alpha value is -2.25. The monoisotopic (exact) mass is 1300 g/mol. The van der Waals surface area contributed by atoms with Gasteiger partial charge in [0.1, 0.15) is 73.2 Å². The van der Waals surface area contributed by atoms with Crippen molar-refractivity contribution in [3.05, 3.63) is 48.6 Å². The number of aliphatic hydroxyl groups is 11. The molecule has 1 amide bonds. The van der Waals surface area contributed by atoms with Crippen LogP contribution in [0.25, 0.3) is 0 Å². The summed E-state index contributed by atoms with van der Waals surface area (Å²) in [4.78, 5) is 13.4. The van der Waals surface area contributed by atoms with Crippen LogP contribution < -0.4 is 5.32 Å². The third kappa shape index (κ3) is 35.5. The van der Waals surface area contributed by atoms with Crippen molar-refractivity contribution in [1.82, 2.24) is 5.32 Å². The molecule has 0 spiro atoms. The molecule has 3 rings (SSSR count). The van der Waals surface area contributed by atoms with E-state index in [2.05, 4.69) is 55.6 Å². The maximum Gasteiger partial charge on any atom is 0.220 e. The molecule has 3 aliphatic heterocycles. The number of allylic oxidation sites excluding steroid dienone is 7. The van der Waals surface area contributed by atoms with Crippen LogP contribution in [0.3, 0.4) is 0 Å². The minimum Gasteiger partial charge on any atom is -0.394 e. The fourth-order valence-electron chi connectivity index (χ4n) is 12.2. The third-order valence-corrected chi connectivity index (χ3v) is 18.1. The highest BCUT2D eigenvalue weighted by Gasteiger charge is 2.53. The number of carbonyl (C=O) groups is 1. The lowest BCUT2D eigenvalue weighted by Crippen LogP contribution is -2.66. The molecule has 532 valence electrons. The van der Waals surface area contributed by atoms with Gasteiger partial charge in [-0.1, -0.05) is 242 Å². The molecule has 3 saturated heterocycles. The smallest absolute Gasteiger partial charge is 0.220 e. The molecule has 0 aromatic heterocycles. The summed E-state index contributed by atoms with van der Waals surface area (Å²) >= 11 is 0. The van der Waals surface area contributed by atoms with Crippen molar-refractivity contribution >= 4 is 5.91 Å². The molecule has 19 heteroatoms. The topological polar surface area (TPSA) is 307 Å². The van der Waals surface area contributed by atoms with Gasteiger partial charge < -0.3 is 89.9 Å². The summed E-state index contributed by atoms with van der Waals surface area (Å²) in [6.45, 7) is 1.71. The summed E-state index contributed by atoms with van der Waals surface area (Å²) in [6.07, 6.45) is 38.2. The highest BCUT2D eigenvalue weighted by Crippen LogP contribution is 2.33. The zero-order valence-corrected chi connectivity index (χ0v) is 56.3. The Kier molecular flexibility index (Phi) is 49.1. The Labute approximate surface area is 548 Å². The highest BCUT2D eigenvalue weighted by atomic mass is 16.8. The van der Waals surface area contributed by atoms with Crippen LogP contribution in [0.5, 0.6) is 0 Å². The molecule has 19 nitrogen and oxygen atoms in total. The van der Waals surface area contributed by atoms with Crippen LogP contribution in [-0.2, 0) is 33.2 Å². The van der Waals surface area contributed by atoms with E-state index in [0.717, 1.165) is 64.2 Å². The predicted molar refractivity (Wildman–Crippen MR) is 356 cm³/mol. The predicted octanol–water partition coefficient (Wildman–Crippen LogP) is 10.2. The molecule has 0 radical (unpaired) electrons. The summed E-state index contributed by atoms with van der Waals surface area (Å²) in [7, 11) is 0. The molecule has 0 aromatic carbocycles. The van der Waals surface area contributed by atoms with E-state index in [0.29, 0.717) is 12.8 Å². The summed E-state index contributed by atoms with van der Waals surface area (Å²) in [5.41, 5.74) is 0. The van der Waals surface area contributed by atoms with E-state index in [1.54, 1.807) is 6.08 Å². The second kappa shape index (κ2) is 53.8. The van der Waals surface area contributed by atoms with Crippen molar-refractivity contribution in [2.24, 2.45) is 0 Å². The van der Waals surface area contributed by atoms with Gasteiger partial charge in [0.05, 0.1) is 38.6 Å². The quantitative estimate of drug-likeness (QED) is 0.0199. The number of amides is 1. The summed E-state index contributed by atoms with van der Waals surface area (Å²) < 4.78 is 34.3. The number of hydrogen-bond donors (Lipinski definition) is 12. The average Bonchev–Trinajstić information content (AvgIpc) is 0.851. The molecular formula is C72H131NO18. The molecule has 3 aliphatic rings. The molecule has 17 atom stereocenters. The Bertz CT molecular complexity index is 1840. The van der Waals surface area contributed by atoms with Gasteiger partial charge in [0.2, 0.25) is 5.91 Å². The van der Waals surface area contributed by atoms with Crippen LogP contribution in [-0.4, -0.2) is 193 Å². The van der Waals surface area contributed by atoms with Crippen molar-refractivity contribution in [3.8, 4) is 0 Å². The molecule has 17 unspecified atom stereocenters. The number of carbonyl (C=O) groups excluding carboxylic acids is 1. The van der Waals surface area contributed by atoms with E-state index >= 15 is 0 Å². The Morgan fingerprint density at radius 3 is 1.10 bits per heavy atom. The van der Waals surface area contributed by atoms with E-state index in [-0.39, 0.29) is 18.9 Å². The van der Waals surface area contributed by atoms with Gasteiger partial charge in [0.15, 0.2) is 18.9 Å². The lowest BCUT2D eigenvalue weighted by Gasteiger charge is -2.48. The molecule has 12 N–H and O–H groups in total. The Morgan fingerprint density at radius 2 is 0.703 bits per heavy atom. The van der Waals surface area contributed by atoms with E-state index in [1.807, 2.05) is 6.08 Å². The minimum atomic E-state index is -1.98. The van der Waals surface area contributed by atoms with E-state index in [1.165, 1.54) is 173 Å². The van der Waals surface area contributed by atoms with Gasteiger partial charge in [-0.25, -0.2) is 0 Å². The zero-order chi connectivity index (χ0) is 66.1. The second-order valence-corrected chi connectivity index (χ2v) is 26.0. The normalized spacial score (nSPS) is 28.1. The SMILES string of the molecule is CCCCCCCCC/C=C\CCCCCCCC(=O)NC(COC1OC(CO)C(OC2OC(CO)C(OC3OC(CO)C(O)C(O)C3O)C(O)C2O)C(O)C1O)C(O)/C=C/CC/C=C/CC/C=C/CCCCCCCCCCCCCCCCCCCCCC. The number of rotatable bonds is 56. The van der Waals surface area contributed by atoms with Crippen molar-refractivity contribution in [3.63, 3.8) is 0 Å². The summed E-state index contributed by atoms with van der Waals surface area (Å²) in [5, 5.41) is 120. The standard InChI is InChI=1S/C72H131NO18/c1-3-5-7-9-11-13-15-17-19-21-22-23-24-25-26-27-28-29-30-31-32-33-34-35-37-39-41-43-45-47-49-56(77)55(73-60(78)50-48-46-44-42-40-38-36-20-18-16-14-12-10-8-6-4-2)54-86-70-66(84)63(81)68(58(52-75)88-70)91-72-67(85)64(82)69(59(53-76)89-72)90-71-65(83)62(80)61(79)57(51-74)87-71/h20,33-34,36,39,41,47,49,55-59,61-72,74-77,79-85H,3-19,21-32,35,37-38,40,42-46,48,50-54H2,1-2H3,(H,73,78)/b34-33+,36-20-,41-39+,49-47+. The first kappa shape index (κ1) is 83.0. The van der Waals surface area contributed by atoms with Crippen LogP contribution in [0.15, 0.2) is 48.6 Å². The van der Waals surface area contributed by atoms with E-state index in [4.69, 9.17) is 28.4 Å². The van der Waals surface area contributed by atoms with Crippen LogP contribution >= 0.6 is 0 Å². The molecule has 3 fully saturated rings. The first-order valence-corrected chi connectivity index (χ1v) is 36.4. The number of unbranched alkanes of at least 4 members (excludes halogenated alkanes) is 34. The van der Waals surface area contributed by atoms with Crippen molar-refractivity contribution < 1.29 is 89.4 Å². The van der Waals surface area contributed by atoms with Gasteiger partial charge in [0, 0.05) is 6.42 Å². The largest absolute Gasteiger partial charge is 0.394 e. The number of hydrogen-bond acceptors (Lipinski definition) is 18. The van der Waals surface area contributed by atoms with Crippen LogP contribution in [0.2, 0.25) is 0 Å². The van der Waals surface area contributed by atoms with Gasteiger partial charge in [-0.2, -0.15) is 0 Å². The summed E-state index contributed by atoms with van der Waals surface area (Å²) in [6, 6.07) is -1.00. The van der Waals surface area contributed by atoms with Crippen molar-refractivity contribution in [1.29, 1.82) is 0 Å². The van der Waals surface area contributed by atoms with Gasteiger partial charge in [-0.15, -0.1) is 0 Å². The second-order valence-electron chi connectivity index (χ2n) is 26.0. The third-order valence-electron chi connectivity index (χ3n) is 18.1. The van der Waals surface area contributed by atoms with Crippen LogP contribution in [0.4, 0.5) is 0 Å². The molecule has 0 bridgehead atoms. The minimum absolute atomic E-state index is 0.222. The maximum atomic E-state index is 13.4. The zero-order valence-electron chi connectivity index (χ0n) is 56.3. The van der Waals surface area contributed by atoms with Crippen LogP contribution in [0.1, 0.15) is 271 Å². The van der Waals surface area contributed by atoms with E-state index in [9.17, 15) is 61.0 Å². The molecule has 0 aromatic rings. The van der Waals surface area contributed by atoms with Gasteiger partial charge in [-0.05, 0) is 70.6 Å². The van der Waals surface area contributed by atoms with Gasteiger partial charge in [-0.3, -0.25) is 4.79 Å².